The Bertz CT molecular complexity index is 1060. The molecule has 0 radical (unpaired) electrons. The molecule has 35 heavy (non-hydrogen) atoms. The largest absolute Gasteiger partial charge is 0.374 e. The Labute approximate surface area is 212 Å². The number of rotatable bonds is 10. The molecule has 1 N–H and O–H groups in total. The number of fused-ring (bicyclic) bond motifs is 1. The number of likely N-dealkylation sites (N-methyl/N-ethyl adjacent to an activating group) is 2. The van der Waals surface area contributed by atoms with E-state index in [0.717, 1.165) is 31.0 Å². The smallest absolute Gasteiger partial charge is 0.256 e. The van der Waals surface area contributed by atoms with Crippen molar-refractivity contribution in [2.24, 2.45) is 5.92 Å². The van der Waals surface area contributed by atoms with Gasteiger partial charge < -0.3 is 24.9 Å². The van der Waals surface area contributed by atoms with Gasteiger partial charge in [-0.2, -0.15) is 0 Å². The number of carbonyl (C=O) groups excluding carboxylic acids is 2. The molecule has 2 aromatic rings. The molecule has 1 saturated carbocycles. The van der Waals surface area contributed by atoms with E-state index in [1.807, 2.05) is 49.1 Å². The number of aromatic nitrogens is 1. The van der Waals surface area contributed by atoms with E-state index in [-0.39, 0.29) is 18.4 Å². The number of halogens is 1. The number of nitrogens with zero attached hydrogens (tertiary/aromatic N) is 5. The van der Waals surface area contributed by atoms with Gasteiger partial charge in [-0.05, 0) is 57.1 Å². The second-order valence-corrected chi connectivity index (χ2v) is 10.1. The van der Waals surface area contributed by atoms with E-state index in [0.29, 0.717) is 41.8 Å². The maximum atomic E-state index is 13.3. The molecule has 0 spiro atoms. The standard InChI is InChI=1S/C26H35ClN6O2/c1-30(2)12-14-32(18-23-21(27)7-5-11-28-23)24(34)16-29-22-8-4-6-20-25(22)31(3)13-15-33(26(20)35)17-19-9-10-19/h4-8,11,19,29H,9-10,12-18H2,1-3H3. The molecule has 2 amide bonds. The third-order valence-electron chi connectivity index (χ3n) is 6.59. The zero-order valence-corrected chi connectivity index (χ0v) is 21.6. The molecular weight excluding hydrogens is 464 g/mol. The van der Waals surface area contributed by atoms with Crippen LogP contribution in [-0.4, -0.2) is 91.9 Å². The first-order valence-electron chi connectivity index (χ1n) is 12.2. The fraction of sp³-hybridized carbons (Fsp3) is 0.500. The number of nitrogens with one attached hydrogen (secondary N) is 1. The number of benzene rings is 1. The van der Waals surface area contributed by atoms with Crippen molar-refractivity contribution in [3.05, 3.63) is 52.8 Å². The normalized spacial score (nSPS) is 15.7. The van der Waals surface area contributed by atoms with Gasteiger partial charge in [0.25, 0.3) is 5.91 Å². The van der Waals surface area contributed by atoms with Gasteiger partial charge in [-0.15, -0.1) is 0 Å². The molecule has 9 heteroatoms. The van der Waals surface area contributed by atoms with Gasteiger partial charge in [-0.3, -0.25) is 14.6 Å². The number of hydrogen-bond donors (Lipinski definition) is 1. The monoisotopic (exact) mass is 498 g/mol. The van der Waals surface area contributed by atoms with Crippen LogP contribution in [0, 0.1) is 5.92 Å². The van der Waals surface area contributed by atoms with Crippen molar-refractivity contribution in [1.82, 2.24) is 19.7 Å². The molecule has 1 aromatic heterocycles. The molecular formula is C26H35ClN6O2. The van der Waals surface area contributed by atoms with Gasteiger partial charge >= 0.3 is 0 Å². The molecule has 0 saturated heterocycles. The van der Waals surface area contributed by atoms with Crippen molar-refractivity contribution in [3.63, 3.8) is 0 Å². The number of carbonyl (C=O) groups is 2. The van der Waals surface area contributed by atoms with Crippen LogP contribution in [0.3, 0.4) is 0 Å². The van der Waals surface area contributed by atoms with E-state index in [1.165, 1.54) is 12.8 Å². The summed E-state index contributed by atoms with van der Waals surface area (Å²) in [5, 5.41) is 3.87. The quantitative estimate of drug-likeness (QED) is 0.543. The molecule has 1 fully saturated rings. The Kier molecular flexibility index (Phi) is 8.13. The lowest BCUT2D eigenvalue weighted by atomic mass is 10.1. The highest BCUT2D eigenvalue weighted by molar-refractivity contribution is 6.31. The van der Waals surface area contributed by atoms with Crippen LogP contribution in [0.25, 0.3) is 0 Å². The Hall–Kier alpha value is -2.84. The van der Waals surface area contributed by atoms with Crippen LogP contribution in [0.4, 0.5) is 11.4 Å². The summed E-state index contributed by atoms with van der Waals surface area (Å²) >= 11 is 6.31. The van der Waals surface area contributed by atoms with Gasteiger partial charge in [0, 0.05) is 46.0 Å². The molecule has 1 aliphatic heterocycles. The summed E-state index contributed by atoms with van der Waals surface area (Å²) in [6.07, 6.45) is 4.11. The SMILES string of the molecule is CN(C)CCN(Cc1ncccc1Cl)C(=O)CNc1cccc2c1N(C)CCN(CC1CC1)C2=O. The van der Waals surface area contributed by atoms with Crippen molar-refractivity contribution in [1.29, 1.82) is 0 Å². The molecule has 4 rings (SSSR count). The number of anilines is 2. The van der Waals surface area contributed by atoms with Gasteiger partial charge in [0.05, 0.1) is 40.7 Å². The van der Waals surface area contributed by atoms with Crippen LogP contribution >= 0.6 is 11.6 Å². The Morgan fingerprint density at radius 1 is 1.17 bits per heavy atom. The lowest BCUT2D eigenvalue weighted by Gasteiger charge is -2.26. The van der Waals surface area contributed by atoms with Crippen LogP contribution in [0.1, 0.15) is 28.9 Å². The molecule has 188 valence electrons. The topological polar surface area (TPSA) is 72.0 Å². The minimum absolute atomic E-state index is 0.0517. The predicted octanol–water partition coefficient (Wildman–Crippen LogP) is 3.04. The molecule has 2 aliphatic rings. The maximum absolute atomic E-state index is 13.3. The lowest BCUT2D eigenvalue weighted by molar-refractivity contribution is -0.130. The van der Waals surface area contributed by atoms with Crippen LogP contribution in [-0.2, 0) is 11.3 Å². The molecule has 8 nitrogen and oxygen atoms in total. The first-order valence-corrected chi connectivity index (χ1v) is 12.6. The fourth-order valence-corrected chi connectivity index (χ4v) is 4.50. The molecule has 0 bridgehead atoms. The van der Waals surface area contributed by atoms with Crippen molar-refractivity contribution >= 4 is 34.8 Å². The zero-order valence-electron chi connectivity index (χ0n) is 20.8. The van der Waals surface area contributed by atoms with Crippen LogP contribution in [0.15, 0.2) is 36.5 Å². The van der Waals surface area contributed by atoms with Crippen LogP contribution < -0.4 is 10.2 Å². The summed E-state index contributed by atoms with van der Waals surface area (Å²) in [4.78, 5) is 38.9. The van der Waals surface area contributed by atoms with Gasteiger partial charge in [0.1, 0.15) is 0 Å². The van der Waals surface area contributed by atoms with E-state index in [4.69, 9.17) is 11.6 Å². The molecule has 1 aromatic carbocycles. The van der Waals surface area contributed by atoms with Crippen molar-refractivity contribution in [2.75, 3.05) is 70.6 Å². The fourth-order valence-electron chi connectivity index (χ4n) is 4.32. The minimum atomic E-state index is -0.0517. The minimum Gasteiger partial charge on any atom is -0.374 e. The zero-order chi connectivity index (χ0) is 24.9. The van der Waals surface area contributed by atoms with Gasteiger partial charge in [-0.25, -0.2) is 0 Å². The van der Waals surface area contributed by atoms with E-state index in [9.17, 15) is 9.59 Å². The third kappa shape index (κ3) is 6.44. The highest BCUT2D eigenvalue weighted by Gasteiger charge is 2.31. The number of para-hydroxylation sites is 1. The molecule has 0 unspecified atom stereocenters. The predicted molar refractivity (Wildman–Crippen MR) is 140 cm³/mol. The third-order valence-corrected chi connectivity index (χ3v) is 6.94. The lowest BCUT2D eigenvalue weighted by Crippen LogP contribution is -2.39. The second-order valence-electron chi connectivity index (χ2n) is 9.72. The Morgan fingerprint density at radius 3 is 2.69 bits per heavy atom. The Balaban J connectivity index is 1.49. The van der Waals surface area contributed by atoms with Crippen LogP contribution in [0.2, 0.25) is 5.02 Å². The number of pyridine rings is 1. The highest BCUT2D eigenvalue weighted by atomic mass is 35.5. The molecule has 2 heterocycles. The highest BCUT2D eigenvalue weighted by Crippen LogP contribution is 2.35. The van der Waals surface area contributed by atoms with Crippen molar-refractivity contribution < 1.29 is 9.59 Å². The Morgan fingerprint density at radius 2 is 1.97 bits per heavy atom. The second kappa shape index (κ2) is 11.3. The van der Waals surface area contributed by atoms with E-state index < -0.39 is 0 Å². The van der Waals surface area contributed by atoms with Gasteiger partial charge in [-0.1, -0.05) is 17.7 Å². The summed E-state index contributed by atoms with van der Waals surface area (Å²) in [6.45, 7) is 4.04. The van der Waals surface area contributed by atoms with E-state index in [1.54, 1.807) is 23.2 Å². The first-order chi connectivity index (χ1) is 16.8. The van der Waals surface area contributed by atoms with Gasteiger partial charge in [0.2, 0.25) is 5.91 Å². The molecule has 0 atom stereocenters. The summed E-state index contributed by atoms with van der Waals surface area (Å²) in [5.41, 5.74) is 3.02. The summed E-state index contributed by atoms with van der Waals surface area (Å²) in [7, 11) is 5.96. The van der Waals surface area contributed by atoms with Crippen molar-refractivity contribution in [3.8, 4) is 0 Å². The first kappa shape index (κ1) is 25.3. The van der Waals surface area contributed by atoms with Gasteiger partial charge in [0.15, 0.2) is 0 Å². The summed E-state index contributed by atoms with van der Waals surface area (Å²) in [5.74, 6) is 0.665. The average Bonchev–Trinajstić information content (AvgIpc) is 3.67. The summed E-state index contributed by atoms with van der Waals surface area (Å²) < 4.78 is 0. The summed E-state index contributed by atoms with van der Waals surface area (Å²) in [6, 6.07) is 9.28. The van der Waals surface area contributed by atoms with Crippen LogP contribution in [0.5, 0.6) is 0 Å². The number of amides is 2. The van der Waals surface area contributed by atoms with E-state index >= 15 is 0 Å². The average molecular weight is 499 g/mol. The maximum Gasteiger partial charge on any atom is 0.256 e. The molecule has 1 aliphatic carbocycles. The van der Waals surface area contributed by atoms with Crippen molar-refractivity contribution in [2.45, 2.75) is 19.4 Å². The van der Waals surface area contributed by atoms with E-state index in [2.05, 4.69) is 15.2 Å². The number of hydrogen-bond acceptors (Lipinski definition) is 6.